The number of carbonyl (C=O) groups excluding carboxylic acids is 1. The van der Waals surface area contributed by atoms with Crippen LogP contribution in [0.1, 0.15) is 5.56 Å². The monoisotopic (exact) mass is 336 g/mol. The van der Waals surface area contributed by atoms with Crippen molar-refractivity contribution < 1.29 is 9.53 Å². The van der Waals surface area contributed by atoms with Gasteiger partial charge in [0.2, 0.25) is 0 Å². The minimum Gasteiger partial charge on any atom is -0.453 e. The van der Waals surface area contributed by atoms with Gasteiger partial charge in [-0.05, 0) is 42.8 Å². The summed E-state index contributed by atoms with van der Waals surface area (Å²) in [6, 6.07) is 9.23. The maximum Gasteiger partial charge on any atom is 0.412 e. The molecule has 0 saturated carbocycles. The van der Waals surface area contributed by atoms with Gasteiger partial charge < -0.3 is 10.1 Å². The molecule has 0 aliphatic rings. The van der Waals surface area contributed by atoms with Crippen LogP contribution in [0.15, 0.2) is 34.8 Å². The average Bonchev–Trinajstić information content (AvgIpc) is 2.45. The molecule has 2 N–H and O–H groups in total. The van der Waals surface area contributed by atoms with Gasteiger partial charge in [0.25, 0.3) is 0 Å². The minimum absolute atomic E-state index is 0.328. The summed E-state index contributed by atoms with van der Waals surface area (Å²) >= 11 is 3.45. The number of aryl methyl sites for hydroxylation is 1. The molecular weight excluding hydrogens is 324 g/mol. The highest BCUT2D eigenvalue weighted by atomic mass is 79.9. The quantitative estimate of drug-likeness (QED) is 0.897. The molecule has 6 nitrogen and oxygen atoms in total. The highest BCUT2D eigenvalue weighted by molar-refractivity contribution is 9.10. The SMILES string of the molecule is COC(=O)Nc1ccc(Nc2ccc(Br)c(C)c2)nn1. The first kappa shape index (κ1) is 14.3. The zero-order valence-electron chi connectivity index (χ0n) is 11.0. The molecule has 1 aromatic carbocycles. The second-order valence-electron chi connectivity index (χ2n) is 4.01. The molecule has 1 amide bonds. The first-order valence-corrected chi connectivity index (χ1v) is 6.59. The number of aromatic nitrogens is 2. The molecule has 20 heavy (non-hydrogen) atoms. The van der Waals surface area contributed by atoms with Crippen molar-refractivity contribution in [2.24, 2.45) is 0 Å². The van der Waals surface area contributed by atoms with E-state index in [0.29, 0.717) is 11.6 Å². The summed E-state index contributed by atoms with van der Waals surface area (Å²) < 4.78 is 5.51. The predicted octanol–water partition coefficient (Wildman–Crippen LogP) is 3.47. The number of nitrogens with one attached hydrogen (secondary N) is 2. The highest BCUT2D eigenvalue weighted by Gasteiger charge is 2.03. The summed E-state index contributed by atoms with van der Waals surface area (Å²) in [4.78, 5) is 11.0. The van der Waals surface area contributed by atoms with E-state index >= 15 is 0 Å². The molecule has 1 heterocycles. The second-order valence-corrected chi connectivity index (χ2v) is 4.86. The van der Waals surface area contributed by atoms with Gasteiger partial charge >= 0.3 is 6.09 Å². The van der Waals surface area contributed by atoms with Gasteiger partial charge in [-0.3, -0.25) is 5.32 Å². The summed E-state index contributed by atoms with van der Waals surface area (Å²) in [5.41, 5.74) is 2.03. The number of benzene rings is 1. The number of hydrogen-bond acceptors (Lipinski definition) is 5. The lowest BCUT2D eigenvalue weighted by Gasteiger charge is -2.07. The Morgan fingerprint density at radius 2 is 1.90 bits per heavy atom. The molecule has 0 unspecified atom stereocenters. The Morgan fingerprint density at radius 3 is 2.50 bits per heavy atom. The van der Waals surface area contributed by atoms with Crippen LogP contribution in [0.4, 0.5) is 22.1 Å². The fourth-order valence-electron chi connectivity index (χ4n) is 1.49. The topological polar surface area (TPSA) is 76.1 Å². The van der Waals surface area contributed by atoms with Gasteiger partial charge in [-0.1, -0.05) is 15.9 Å². The number of methoxy groups -OCH3 is 1. The Bertz CT molecular complexity index is 616. The summed E-state index contributed by atoms with van der Waals surface area (Å²) in [5, 5.41) is 13.4. The molecule has 2 aromatic rings. The van der Waals surface area contributed by atoms with Crippen LogP contribution in [-0.2, 0) is 4.74 Å². The van der Waals surface area contributed by atoms with Crippen LogP contribution >= 0.6 is 15.9 Å². The Morgan fingerprint density at radius 1 is 1.20 bits per heavy atom. The van der Waals surface area contributed by atoms with Gasteiger partial charge in [0.15, 0.2) is 11.6 Å². The van der Waals surface area contributed by atoms with Gasteiger partial charge in [-0.2, -0.15) is 0 Å². The van der Waals surface area contributed by atoms with Crippen molar-refractivity contribution in [2.45, 2.75) is 6.92 Å². The lowest BCUT2D eigenvalue weighted by atomic mass is 10.2. The smallest absolute Gasteiger partial charge is 0.412 e. The van der Waals surface area contributed by atoms with E-state index in [1.807, 2.05) is 25.1 Å². The third-order valence-corrected chi connectivity index (χ3v) is 3.40. The zero-order valence-corrected chi connectivity index (χ0v) is 12.6. The molecule has 1 aromatic heterocycles. The second kappa shape index (κ2) is 6.33. The predicted molar refractivity (Wildman–Crippen MR) is 80.2 cm³/mol. The van der Waals surface area contributed by atoms with Crippen molar-refractivity contribution in [3.8, 4) is 0 Å². The molecule has 2 rings (SSSR count). The van der Waals surface area contributed by atoms with Gasteiger partial charge in [0.05, 0.1) is 7.11 Å². The first-order valence-electron chi connectivity index (χ1n) is 5.80. The summed E-state index contributed by atoms with van der Waals surface area (Å²) in [6.45, 7) is 2.00. The maximum atomic E-state index is 11.0. The largest absolute Gasteiger partial charge is 0.453 e. The van der Waals surface area contributed by atoms with Gasteiger partial charge in [-0.15, -0.1) is 10.2 Å². The van der Waals surface area contributed by atoms with E-state index in [9.17, 15) is 4.79 Å². The Labute approximate surface area is 124 Å². The molecule has 0 spiro atoms. The first-order chi connectivity index (χ1) is 9.58. The van der Waals surface area contributed by atoms with E-state index in [0.717, 1.165) is 15.7 Å². The lowest BCUT2D eigenvalue weighted by Crippen LogP contribution is -2.12. The number of amides is 1. The van der Waals surface area contributed by atoms with Crippen LogP contribution in [0.25, 0.3) is 0 Å². The maximum absolute atomic E-state index is 11.0. The molecule has 0 radical (unpaired) electrons. The van der Waals surface area contributed by atoms with E-state index in [4.69, 9.17) is 0 Å². The van der Waals surface area contributed by atoms with Crippen molar-refractivity contribution in [3.63, 3.8) is 0 Å². The van der Waals surface area contributed by atoms with Crippen LogP contribution in [0, 0.1) is 6.92 Å². The molecular formula is C13H13BrN4O2. The van der Waals surface area contributed by atoms with Crippen LogP contribution in [-0.4, -0.2) is 23.4 Å². The third-order valence-electron chi connectivity index (χ3n) is 2.51. The Kier molecular flexibility index (Phi) is 4.52. The molecule has 7 heteroatoms. The minimum atomic E-state index is -0.580. The standard InChI is InChI=1S/C13H13BrN4O2/c1-8-7-9(3-4-10(8)14)15-11-5-6-12(18-17-11)16-13(19)20-2/h3-7H,1-2H3,(H,15,17)(H,16,18,19). The van der Waals surface area contributed by atoms with Crippen molar-refractivity contribution in [2.75, 3.05) is 17.7 Å². The number of anilines is 3. The summed E-state index contributed by atoms with van der Waals surface area (Å²) in [6.07, 6.45) is -0.580. The number of rotatable bonds is 3. The molecule has 0 bridgehead atoms. The summed E-state index contributed by atoms with van der Waals surface area (Å²) in [5.74, 6) is 0.913. The van der Waals surface area contributed by atoms with Gasteiger partial charge in [0, 0.05) is 10.2 Å². The average molecular weight is 337 g/mol. The van der Waals surface area contributed by atoms with Crippen LogP contribution in [0.3, 0.4) is 0 Å². The molecule has 0 atom stereocenters. The molecule has 0 aliphatic carbocycles. The molecule has 104 valence electrons. The van der Waals surface area contributed by atoms with Crippen LogP contribution in [0.5, 0.6) is 0 Å². The zero-order chi connectivity index (χ0) is 14.5. The van der Waals surface area contributed by atoms with E-state index < -0.39 is 6.09 Å². The van der Waals surface area contributed by atoms with Gasteiger partial charge in [0.1, 0.15) is 0 Å². The van der Waals surface area contributed by atoms with Gasteiger partial charge in [-0.25, -0.2) is 4.79 Å². The molecule has 0 aliphatic heterocycles. The van der Waals surface area contributed by atoms with E-state index in [-0.39, 0.29) is 0 Å². The number of hydrogen-bond donors (Lipinski definition) is 2. The van der Waals surface area contributed by atoms with Crippen molar-refractivity contribution in [3.05, 3.63) is 40.4 Å². The molecule has 0 fully saturated rings. The van der Waals surface area contributed by atoms with E-state index in [1.54, 1.807) is 12.1 Å². The fourth-order valence-corrected chi connectivity index (χ4v) is 1.74. The van der Waals surface area contributed by atoms with Crippen molar-refractivity contribution in [1.82, 2.24) is 10.2 Å². The normalized spacial score (nSPS) is 9.95. The number of ether oxygens (including phenoxy) is 1. The van der Waals surface area contributed by atoms with Crippen LogP contribution < -0.4 is 10.6 Å². The lowest BCUT2D eigenvalue weighted by molar-refractivity contribution is 0.187. The number of halogens is 1. The third kappa shape index (κ3) is 3.67. The number of carbonyl (C=O) groups is 1. The van der Waals surface area contributed by atoms with Crippen molar-refractivity contribution in [1.29, 1.82) is 0 Å². The Balaban J connectivity index is 2.06. The number of nitrogens with zero attached hydrogens (tertiary/aromatic N) is 2. The summed E-state index contributed by atoms with van der Waals surface area (Å²) in [7, 11) is 1.29. The van der Waals surface area contributed by atoms with Crippen LogP contribution in [0.2, 0.25) is 0 Å². The Hall–Kier alpha value is -2.15. The van der Waals surface area contributed by atoms with Crippen molar-refractivity contribution >= 4 is 39.3 Å². The fraction of sp³-hybridized carbons (Fsp3) is 0.154. The van der Waals surface area contributed by atoms with E-state index in [2.05, 4.69) is 41.5 Å². The molecule has 0 saturated heterocycles. The highest BCUT2D eigenvalue weighted by Crippen LogP contribution is 2.22. The van der Waals surface area contributed by atoms with E-state index in [1.165, 1.54) is 7.11 Å².